The lowest BCUT2D eigenvalue weighted by atomic mass is 10.0. The van der Waals surface area contributed by atoms with Gasteiger partial charge in [-0.2, -0.15) is 5.10 Å². The summed E-state index contributed by atoms with van der Waals surface area (Å²) in [5.41, 5.74) is 10.1. The largest absolute Gasteiger partial charge is 0.367 e. The summed E-state index contributed by atoms with van der Waals surface area (Å²) in [5.74, 6) is 5.54. The molecule has 0 radical (unpaired) electrons. The van der Waals surface area contributed by atoms with E-state index in [9.17, 15) is 0 Å². The summed E-state index contributed by atoms with van der Waals surface area (Å²) in [7, 11) is 0. The smallest absolute Gasteiger partial charge is 0.231 e. The molecule has 0 saturated heterocycles. The summed E-state index contributed by atoms with van der Waals surface area (Å²) in [6, 6.07) is 8.14. The molecule has 1 aromatic rings. The molecule has 0 bridgehead atoms. The zero-order valence-corrected chi connectivity index (χ0v) is 10.7. The van der Waals surface area contributed by atoms with Crippen molar-refractivity contribution in [1.82, 2.24) is 5.43 Å². The Labute approximate surface area is 107 Å². The third-order valence-corrected chi connectivity index (χ3v) is 2.13. The van der Waals surface area contributed by atoms with Crippen LogP contribution in [-0.4, -0.2) is 12.2 Å². The van der Waals surface area contributed by atoms with Crippen LogP contribution < -0.4 is 17.0 Å². The average Bonchev–Trinajstić information content (AvgIpc) is 2.29. The molecule has 0 heterocycles. The van der Waals surface area contributed by atoms with Gasteiger partial charge in [-0.3, -0.25) is 0 Å². The van der Waals surface area contributed by atoms with Crippen LogP contribution in [0.15, 0.2) is 34.5 Å². The van der Waals surface area contributed by atoms with Crippen LogP contribution >= 0.6 is 12.4 Å². The molecular formula is C11H18ClN5. The van der Waals surface area contributed by atoms with Crippen LogP contribution in [-0.2, 0) is 0 Å². The topological polar surface area (TPSA) is 88.8 Å². The van der Waals surface area contributed by atoms with Gasteiger partial charge in [0.1, 0.15) is 0 Å². The minimum atomic E-state index is 0. The number of halogens is 1. The van der Waals surface area contributed by atoms with E-state index in [2.05, 4.69) is 41.6 Å². The molecule has 17 heavy (non-hydrogen) atoms. The maximum atomic E-state index is 5.30. The van der Waals surface area contributed by atoms with Crippen LogP contribution in [0, 0.1) is 0 Å². The third kappa shape index (κ3) is 5.21. The van der Waals surface area contributed by atoms with Crippen LogP contribution in [0.1, 0.15) is 30.9 Å². The number of hydrazone groups is 2. The molecule has 1 rings (SSSR count). The van der Waals surface area contributed by atoms with Gasteiger partial charge in [0.15, 0.2) is 0 Å². The lowest BCUT2D eigenvalue weighted by Gasteiger charge is -2.04. The summed E-state index contributed by atoms with van der Waals surface area (Å²) in [6.45, 7) is 4.31. The molecule has 94 valence electrons. The van der Waals surface area contributed by atoms with E-state index in [1.807, 2.05) is 12.1 Å². The first kappa shape index (κ1) is 15.2. The van der Waals surface area contributed by atoms with E-state index in [0.29, 0.717) is 5.92 Å². The fourth-order valence-corrected chi connectivity index (χ4v) is 1.17. The molecule has 5 N–H and O–H groups in total. The molecule has 0 saturated carbocycles. The van der Waals surface area contributed by atoms with E-state index in [1.165, 1.54) is 5.56 Å². The molecule has 0 amide bonds. The molecule has 1 aromatic carbocycles. The molecule has 5 nitrogen and oxygen atoms in total. The predicted octanol–water partition coefficient (Wildman–Crippen LogP) is 1.34. The Morgan fingerprint density at radius 1 is 1.29 bits per heavy atom. The molecule has 0 aromatic heterocycles. The Balaban J connectivity index is 0.00000256. The number of hydrogen-bond donors (Lipinski definition) is 3. The highest BCUT2D eigenvalue weighted by atomic mass is 35.5. The van der Waals surface area contributed by atoms with Crippen molar-refractivity contribution in [2.75, 3.05) is 0 Å². The van der Waals surface area contributed by atoms with Crippen LogP contribution in [0.25, 0.3) is 0 Å². The van der Waals surface area contributed by atoms with Crippen molar-refractivity contribution in [2.45, 2.75) is 19.8 Å². The van der Waals surface area contributed by atoms with Gasteiger partial charge in [-0.1, -0.05) is 38.1 Å². The first-order valence-electron chi connectivity index (χ1n) is 5.06. The lowest BCUT2D eigenvalue weighted by Crippen LogP contribution is -2.28. The average molecular weight is 256 g/mol. The molecule has 0 spiro atoms. The third-order valence-electron chi connectivity index (χ3n) is 2.13. The van der Waals surface area contributed by atoms with Crippen LogP contribution in [0.4, 0.5) is 0 Å². The van der Waals surface area contributed by atoms with Gasteiger partial charge in [-0.25, -0.2) is 5.43 Å². The lowest BCUT2D eigenvalue weighted by molar-refractivity contribution is 0.866. The fraction of sp³-hybridized carbons (Fsp3) is 0.273. The first-order valence-corrected chi connectivity index (χ1v) is 5.06. The monoisotopic (exact) mass is 255 g/mol. The van der Waals surface area contributed by atoms with E-state index in [4.69, 9.17) is 11.6 Å². The Morgan fingerprint density at radius 3 is 2.35 bits per heavy atom. The highest BCUT2D eigenvalue weighted by Gasteiger charge is 1.97. The SMILES string of the molecule is CC(C)c1ccc(/C=N/NC(N)=NN)cc1.Cl. The van der Waals surface area contributed by atoms with E-state index < -0.39 is 0 Å². The van der Waals surface area contributed by atoms with Crippen molar-refractivity contribution in [3.63, 3.8) is 0 Å². The summed E-state index contributed by atoms with van der Waals surface area (Å²) in [4.78, 5) is 0. The second-order valence-electron chi connectivity index (χ2n) is 3.71. The van der Waals surface area contributed by atoms with Gasteiger partial charge in [-0.05, 0) is 17.0 Å². The van der Waals surface area contributed by atoms with E-state index >= 15 is 0 Å². The zero-order valence-electron chi connectivity index (χ0n) is 9.92. The summed E-state index contributed by atoms with van der Waals surface area (Å²) in [5, 5.41) is 7.10. The van der Waals surface area contributed by atoms with E-state index in [1.54, 1.807) is 6.21 Å². The van der Waals surface area contributed by atoms with Gasteiger partial charge in [0.25, 0.3) is 0 Å². The molecule has 6 heteroatoms. The highest BCUT2D eigenvalue weighted by molar-refractivity contribution is 5.85. The molecular weight excluding hydrogens is 238 g/mol. The van der Waals surface area contributed by atoms with Crippen molar-refractivity contribution in [2.24, 2.45) is 21.8 Å². The maximum absolute atomic E-state index is 5.30. The molecule has 0 atom stereocenters. The van der Waals surface area contributed by atoms with E-state index in [0.717, 1.165) is 5.56 Å². The number of nitrogens with zero attached hydrogens (tertiary/aromatic N) is 2. The summed E-state index contributed by atoms with van der Waals surface area (Å²) < 4.78 is 0. The van der Waals surface area contributed by atoms with Crippen molar-refractivity contribution >= 4 is 24.6 Å². The van der Waals surface area contributed by atoms with Gasteiger partial charge in [0.2, 0.25) is 5.96 Å². The quantitative estimate of drug-likeness (QED) is 0.330. The minimum Gasteiger partial charge on any atom is -0.367 e. The second-order valence-corrected chi connectivity index (χ2v) is 3.71. The first-order chi connectivity index (χ1) is 7.63. The number of guanidine groups is 1. The van der Waals surface area contributed by atoms with Crippen molar-refractivity contribution in [1.29, 1.82) is 0 Å². The standard InChI is InChI=1S/C11H17N5.ClH/c1-8(2)10-5-3-9(4-6-10)7-14-16-11(12)15-13;/h3-8H,13H2,1-2H3,(H3,12,15,16);1H/b14-7+;. The molecule has 0 fully saturated rings. The number of rotatable bonds is 3. The molecule has 0 unspecified atom stereocenters. The maximum Gasteiger partial charge on any atom is 0.231 e. The zero-order chi connectivity index (χ0) is 12.0. The van der Waals surface area contributed by atoms with Crippen LogP contribution in [0.3, 0.4) is 0 Å². The van der Waals surface area contributed by atoms with Gasteiger partial charge in [-0.15, -0.1) is 17.5 Å². The Hall–Kier alpha value is -1.75. The number of hydrogen-bond acceptors (Lipinski definition) is 3. The molecule has 0 aliphatic heterocycles. The Kier molecular flexibility index (Phi) is 6.74. The van der Waals surface area contributed by atoms with Crippen molar-refractivity contribution in [3.8, 4) is 0 Å². The van der Waals surface area contributed by atoms with Gasteiger partial charge >= 0.3 is 0 Å². The fourth-order valence-electron chi connectivity index (χ4n) is 1.17. The highest BCUT2D eigenvalue weighted by Crippen LogP contribution is 2.13. The number of benzene rings is 1. The number of nitrogens with one attached hydrogen (secondary N) is 1. The second kappa shape index (κ2) is 7.51. The predicted molar refractivity (Wildman–Crippen MR) is 74.3 cm³/mol. The molecule has 0 aliphatic carbocycles. The summed E-state index contributed by atoms with van der Waals surface area (Å²) in [6.07, 6.45) is 1.65. The van der Waals surface area contributed by atoms with E-state index in [-0.39, 0.29) is 18.4 Å². The Bertz CT molecular complexity index is 383. The number of nitrogens with two attached hydrogens (primary N) is 2. The van der Waals surface area contributed by atoms with Crippen molar-refractivity contribution in [3.05, 3.63) is 35.4 Å². The summed E-state index contributed by atoms with van der Waals surface area (Å²) >= 11 is 0. The normalized spacial score (nSPS) is 11.6. The van der Waals surface area contributed by atoms with Gasteiger partial charge < -0.3 is 11.6 Å². The van der Waals surface area contributed by atoms with Crippen LogP contribution in [0.2, 0.25) is 0 Å². The van der Waals surface area contributed by atoms with Crippen molar-refractivity contribution < 1.29 is 0 Å². The van der Waals surface area contributed by atoms with Gasteiger partial charge in [0.05, 0.1) is 6.21 Å². The van der Waals surface area contributed by atoms with Crippen LogP contribution in [0.5, 0.6) is 0 Å². The molecule has 0 aliphatic rings. The Morgan fingerprint density at radius 2 is 1.88 bits per heavy atom. The minimum absolute atomic E-state index is 0. The van der Waals surface area contributed by atoms with Gasteiger partial charge in [0, 0.05) is 0 Å².